The summed E-state index contributed by atoms with van der Waals surface area (Å²) < 4.78 is 7.63. The van der Waals surface area contributed by atoms with Crippen molar-refractivity contribution in [2.75, 3.05) is 5.32 Å². The Hall–Kier alpha value is -3.09. The van der Waals surface area contributed by atoms with E-state index in [2.05, 4.69) is 29.5 Å². The van der Waals surface area contributed by atoms with Crippen molar-refractivity contribution in [3.05, 3.63) is 98.5 Å². The van der Waals surface area contributed by atoms with E-state index in [1.54, 1.807) is 6.20 Å². The van der Waals surface area contributed by atoms with Crippen LogP contribution < -0.4 is 10.1 Å². The number of hydrogen-bond donors (Lipinski definition) is 1. The fraction of sp³-hybridized carbons (Fsp3) is 0.167. The summed E-state index contributed by atoms with van der Waals surface area (Å²) in [6.45, 7) is 5.06. The summed E-state index contributed by atoms with van der Waals surface area (Å²) in [5.74, 6) is 0.592. The average molecular weight is 452 g/mol. The van der Waals surface area contributed by atoms with Crippen LogP contribution in [0.25, 0.3) is 0 Å². The van der Waals surface area contributed by atoms with Crippen LogP contribution in [0.1, 0.15) is 31.9 Å². The molecule has 0 bridgehead atoms. The van der Waals surface area contributed by atoms with Crippen molar-refractivity contribution < 1.29 is 9.53 Å². The summed E-state index contributed by atoms with van der Waals surface area (Å²) in [5, 5.41) is 9.91. The molecule has 0 aliphatic carbocycles. The van der Waals surface area contributed by atoms with Gasteiger partial charge in [-0.1, -0.05) is 35.9 Å². The molecule has 0 radical (unpaired) electrons. The minimum absolute atomic E-state index is 0.158. The van der Waals surface area contributed by atoms with Crippen LogP contribution in [0.5, 0.6) is 5.75 Å². The van der Waals surface area contributed by atoms with Gasteiger partial charge >= 0.3 is 0 Å². The maximum Gasteiger partial charge on any atom is 0.265 e. The molecule has 1 N–H and O–H groups in total. The number of carbonyl (C=O) groups excluding carboxylic acids is 1. The third-order valence-corrected chi connectivity index (χ3v) is 6.30. The molecule has 0 fully saturated rings. The van der Waals surface area contributed by atoms with Crippen LogP contribution in [0.3, 0.4) is 0 Å². The maximum absolute atomic E-state index is 12.6. The molecule has 1 amide bonds. The Morgan fingerprint density at radius 2 is 2.00 bits per heavy atom. The van der Waals surface area contributed by atoms with Crippen LogP contribution in [0.2, 0.25) is 5.02 Å². The zero-order chi connectivity index (χ0) is 21.8. The smallest absolute Gasteiger partial charge is 0.265 e. The number of rotatable bonds is 7. The van der Waals surface area contributed by atoms with Crippen LogP contribution in [0.15, 0.2) is 66.3 Å². The fourth-order valence-corrected chi connectivity index (χ4v) is 4.02. The van der Waals surface area contributed by atoms with E-state index in [1.807, 2.05) is 59.6 Å². The third-order valence-electron chi connectivity index (χ3n) is 4.90. The second-order valence-electron chi connectivity index (χ2n) is 7.33. The van der Waals surface area contributed by atoms with Gasteiger partial charge in [-0.15, -0.1) is 11.3 Å². The Morgan fingerprint density at radius 1 is 1.16 bits per heavy atom. The number of nitrogens with zero attached hydrogens (tertiary/aromatic N) is 2. The highest BCUT2D eigenvalue weighted by molar-refractivity contribution is 7.12. The second kappa shape index (κ2) is 9.37. The average Bonchev–Trinajstić information content (AvgIpc) is 3.40. The van der Waals surface area contributed by atoms with Gasteiger partial charge in [0.1, 0.15) is 12.4 Å². The molecule has 0 unspecified atom stereocenters. The van der Waals surface area contributed by atoms with Gasteiger partial charge in [0.25, 0.3) is 5.91 Å². The summed E-state index contributed by atoms with van der Waals surface area (Å²) >= 11 is 7.44. The Balaban J connectivity index is 1.34. The van der Waals surface area contributed by atoms with Crippen molar-refractivity contribution in [1.29, 1.82) is 0 Å². The SMILES string of the molecule is Cc1cc(OCc2csc(C(=O)Nc3cnn(Cc4ccccc4C)c3)c2)ccc1Cl. The van der Waals surface area contributed by atoms with Gasteiger partial charge in [-0.05, 0) is 60.2 Å². The molecule has 0 aliphatic heterocycles. The first-order valence-corrected chi connectivity index (χ1v) is 11.1. The van der Waals surface area contributed by atoms with Gasteiger partial charge in [0, 0.05) is 16.8 Å². The van der Waals surface area contributed by atoms with Gasteiger partial charge < -0.3 is 10.1 Å². The Kier molecular flexibility index (Phi) is 6.39. The minimum atomic E-state index is -0.158. The maximum atomic E-state index is 12.6. The first kappa shape index (κ1) is 21.2. The van der Waals surface area contributed by atoms with E-state index in [4.69, 9.17) is 16.3 Å². The van der Waals surface area contributed by atoms with Gasteiger partial charge in [0.2, 0.25) is 0 Å². The Morgan fingerprint density at radius 3 is 2.81 bits per heavy atom. The topological polar surface area (TPSA) is 56.1 Å². The highest BCUT2D eigenvalue weighted by atomic mass is 35.5. The predicted octanol–water partition coefficient (Wildman–Crippen LogP) is 6.09. The van der Waals surface area contributed by atoms with E-state index in [0.29, 0.717) is 28.7 Å². The molecular formula is C24H22ClN3O2S. The molecule has 4 aromatic rings. The predicted molar refractivity (Wildman–Crippen MR) is 125 cm³/mol. The van der Waals surface area contributed by atoms with E-state index in [0.717, 1.165) is 16.9 Å². The zero-order valence-electron chi connectivity index (χ0n) is 17.3. The molecule has 2 aromatic heterocycles. The molecule has 0 aliphatic rings. The van der Waals surface area contributed by atoms with Crippen molar-refractivity contribution in [1.82, 2.24) is 9.78 Å². The van der Waals surface area contributed by atoms with Gasteiger partial charge in [-0.3, -0.25) is 9.48 Å². The number of ether oxygens (including phenoxy) is 1. The number of carbonyl (C=O) groups is 1. The van der Waals surface area contributed by atoms with Crippen molar-refractivity contribution >= 4 is 34.5 Å². The number of nitrogens with one attached hydrogen (secondary N) is 1. The fourth-order valence-electron chi connectivity index (χ4n) is 3.11. The van der Waals surface area contributed by atoms with Gasteiger partial charge in [0.15, 0.2) is 0 Å². The van der Waals surface area contributed by atoms with E-state index in [-0.39, 0.29) is 5.91 Å². The number of aromatic nitrogens is 2. The normalized spacial score (nSPS) is 10.8. The van der Waals surface area contributed by atoms with E-state index >= 15 is 0 Å². The van der Waals surface area contributed by atoms with Crippen LogP contribution in [0.4, 0.5) is 5.69 Å². The number of halogens is 1. The number of thiophene rings is 1. The monoisotopic (exact) mass is 451 g/mol. The molecule has 0 saturated heterocycles. The first-order valence-electron chi connectivity index (χ1n) is 9.82. The van der Waals surface area contributed by atoms with Crippen molar-refractivity contribution in [2.24, 2.45) is 0 Å². The van der Waals surface area contributed by atoms with Crippen LogP contribution in [-0.4, -0.2) is 15.7 Å². The summed E-state index contributed by atoms with van der Waals surface area (Å²) in [6, 6.07) is 15.6. The third kappa shape index (κ3) is 5.34. The number of benzene rings is 2. The summed E-state index contributed by atoms with van der Waals surface area (Å²) in [5.41, 5.74) is 4.99. The number of aryl methyl sites for hydroxylation is 2. The standard InChI is InChI=1S/C24H22ClN3O2S/c1-16-5-3-4-6-19(16)12-28-13-20(11-26-28)27-24(29)23-10-18(15-31-23)14-30-21-7-8-22(25)17(2)9-21/h3-11,13,15H,12,14H2,1-2H3,(H,27,29). The van der Waals surface area contributed by atoms with Crippen LogP contribution in [-0.2, 0) is 13.2 Å². The lowest BCUT2D eigenvalue weighted by Crippen LogP contribution is -2.09. The zero-order valence-corrected chi connectivity index (χ0v) is 18.8. The first-order chi connectivity index (χ1) is 15.0. The highest BCUT2D eigenvalue weighted by Gasteiger charge is 2.12. The van der Waals surface area contributed by atoms with Crippen molar-refractivity contribution in [3.63, 3.8) is 0 Å². The second-order valence-corrected chi connectivity index (χ2v) is 8.64. The quantitative estimate of drug-likeness (QED) is 0.369. The lowest BCUT2D eigenvalue weighted by Gasteiger charge is -2.06. The number of amides is 1. The van der Waals surface area contributed by atoms with Gasteiger partial charge in [0.05, 0.1) is 23.3 Å². The van der Waals surface area contributed by atoms with E-state index < -0.39 is 0 Å². The molecule has 5 nitrogen and oxygen atoms in total. The lowest BCUT2D eigenvalue weighted by atomic mass is 10.1. The molecule has 158 valence electrons. The minimum Gasteiger partial charge on any atom is -0.489 e. The molecular weight excluding hydrogens is 430 g/mol. The lowest BCUT2D eigenvalue weighted by molar-refractivity contribution is 0.103. The van der Waals surface area contributed by atoms with E-state index in [1.165, 1.54) is 22.5 Å². The molecule has 2 aromatic carbocycles. The Labute approximate surface area is 190 Å². The summed E-state index contributed by atoms with van der Waals surface area (Å²) in [6.07, 6.45) is 3.50. The number of hydrogen-bond acceptors (Lipinski definition) is 4. The number of anilines is 1. The molecule has 0 spiro atoms. The summed E-state index contributed by atoms with van der Waals surface area (Å²) in [7, 11) is 0. The molecule has 4 rings (SSSR count). The molecule has 7 heteroatoms. The molecule has 0 atom stereocenters. The van der Waals surface area contributed by atoms with Crippen molar-refractivity contribution in [3.8, 4) is 5.75 Å². The van der Waals surface area contributed by atoms with Crippen LogP contribution in [0, 0.1) is 13.8 Å². The highest BCUT2D eigenvalue weighted by Crippen LogP contribution is 2.23. The molecule has 31 heavy (non-hydrogen) atoms. The van der Waals surface area contributed by atoms with Gasteiger partial charge in [-0.25, -0.2) is 0 Å². The van der Waals surface area contributed by atoms with E-state index in [9.17, 15) is 4.79 Å². The summed E-state index contributed by atoms with van der Waals surface area (Å²) in [4.78, 5) is 13.2. The van der Waals surface area contributed by atoms with Crippen LogP contribution >= 0.6 is 22.9 Å². The Bertz CT molecular complexity index is 1220. The largest absolute Gasteiger partial charge is 0.489 e. The molecule has 0 saturated carbocycles. The van der Waals surface area contributed by atoms with Crippen molar-refractivity contribution in [2.45, 2.75) is 27.0 Å². The molecule has 2 heterocycles. The van der Waals surface area contributed by atoms with Gasteiger partial charge in [-0.2, -0.15) is 5.10 Å².